The summed E-state index contributed by atoms with van der Waals surface area (Å²) >= 11 is 0. The van der Waals surface area contributed by atoms with Crippen molar-refractivity contribution in [3.63, 3.8) is 0 Å². The lowest BCUT2D eigenvalue weighted by Crippen LogP contribution is -2.51. The molecule has 0 saturated heterocycles. The van der Waals surface area contributed by atoms with Crippen molar-refractivity contribution in [1.82, 2.24) is 15.1 Å². The second-order valence-electron chi connectivity index (χ2n) is 8.59. The third-order valence-corrected chi connectivity index (χ3v) is 5.84. The van der Waals surface area contributed by atoms with Crippen molar-refractivity contribution < 1.29 is 23.9 Å². The second-order valence-corrected chi connectivity index (χ2v) is 8.59. The molecule has 0 aromatic heterocycles. The molecule has 9 heteroatoms. The average molecular weight is 463 g/mol. The molecule has 0 fully saturated rings. The molecule has 0 unspecified atom stereocenters. The molecule has 1 aliphatic heterocycles. The predicted octanol–water partition coefficient (Wildman–Crippen LogP) is 2.96. The maximum atomic E-state index is 13.2. The Labute approximate surface area is 196 Å². The van der Waals surface area contributed by atoms with E-state index in [0.29, 0.717) is 43.1 Å². The van der Waals surface area contributed by atoms with Crippen molar-refractivity contribution in [3.05, 3.63) is 23.8 Å². The minimum absolute atomic E-state index is 0.00870. The van der Waals surface area contributed by atoms with Gasteiger partial charge in [0.05, 0.1) is 17.7 Å². The summed E-state index contributed by atoms with van der Waals surface area (Å²) in [6.07, 6.45) is 0.932. The highest BCUT2D eigenvalue weighted by Gasteiger charge is 2.30. The number of hydrogen-bond acceptors (Lipinski definition) is 5. The Balaban J connectivity index is 2.42. The lowest BCUT2D eigenvalue weighted by atomic mass is 10.0. The Bertz CT molecular complexity index is 831. The number of methoxy groups -OCH3 is 1. The predicted molar refractivity (Wildman–Crippen MR) is 128 cm³/mol. The van der Waals surface area contributed by atoms with E-state index in [0.717, 1.165) is 6.42 Å². The highest BCUT2D eigenvalue weighted by atomic mass is 16.5. The minimum atomic E-state index is -0.254. The van der Waals surface area contributed by atoms with Crippen LogP contribution in [-0.2, 0) is 9.53 Å². The molecule has 33 heavy (non-hydrogen) atoms. The molecule has 0 spiro atoms. The van der Waals surface area contributed by atoms with Crippen molar-refractivity contribution in [3.8, 4) is 5.75 Å². The van der Waals surface area contributed by atoms with Gasteiger partial charge < -0.3 is 29.9 Å². The first kappa shape index (κ1) is 26.4. The number of carbonyl (C=O) groups is 3. The first-order valence-electron chi connectivity index (χ1n) is 11.6. The van der Waals surface area contributed by atoms with Crippen LogP contribution < -0.4 is 15.4 Å². The van der Waals surface area contributed by atoms with Gasteiger partial charge in [-0.3, -0.25) is 9.59 Å². The van der Waals surface area contributed by atoms with Gasteiger partial charge in [-0.1, -0.05) is 20.8 Å². The number of amides is 4. The average Bonchev–Trinajstić information content (AvgIpc) is 2.81. The van der Waals surface area contributed by atoms with E-state index in [9.17, 15) is 14.4 Å². The molecule has 3 atom stereocenters. The molecule has 0 aliphatic carbocycles. The van der Waals surface area contributed by atoms with Crippen LogP contribution in [0.3, 0.4) is 0 Å². The van der Waals surface area contributed by atoms with Crippen molar-refractivity contribution >= 4 is 23.5 Å². The van der Waals surface area contributed by atoms with E-state index in [-0.39, 0.29) is 42.5 Å². The number of nitrogens with zero attached hydrogens (tertiary/aromatic N) is 2. The molecule has 1 aromatic rings. The van der Waals surface area contributed by atoms with Crippen LogP contribution >= 0.6 is 0 Å². The summed E-state index contributed by atoms with van der Waals surface area (Å²) in [4.78, 5) is 41.3. The van der Waals surface area contributed by atoms with E-state index in [1.165, 1.54) is 0 Å². The van der Waals surface area contributed by atoms with Crippen LogP contribution in [0.1, 0.15) is 50.9 Å². The number of carbonyl (C=O) groups excluding carboxylic acids is 3. The van der Waals surface area contributed by atoms with Crippen LogP contribution in [0.15, 0.2) is 18.2 Å². The fourth-order valence-corrected chi connectivity index (χ4v) is 3.72. The normalized spacial score (nSPS) is 21.9. The van der Waals surface area contributed by atoms with E-state index < -0.39 is 0 Å². The highest BCUT2D eigenvalue weighted by molar-refractivity contribution is 5.98. The quantitative estimate of drug-likeness (QED) is 0.701. The summed E-state index contributed by atoms with van der Waals surface area (Å²) in [6.45, 7) is 9.31. The summed E-state index contributed by atoms with van der Waals surface area (Å²) in [5.74, 6) is 0.0312. The second kappa shape index (κ2) is 12.4. The standard InChI is InChI=1S/C24H38N4O5/c1-7-11-25-24(31)28-13-16(3)21(32-6)14-27(5)23(30)19-10-9-18(26-22(29)8-2)12-20(19)33-15-17(28)4/h9-10,12,16-17,21H,7-8,11,13-15H2,1-6H3,(H,25,31)(H,26,29)/t16-,17+,21-/m1/s1. The van der Waals surface area contributed by atoms with Crippen LogP contribution in [0.5, 0.6) is 5.75 Å². The molecular weight excluding hydrogens is 424 g/mol. The molecule has 2 N–H and O–H groups in total. The van der Waals surface area contributed by atoms with Gasteiger partial charge in [0.2, 0.25) is 5.91 Å². The van der Waals surface area contributed by atoms with E-state index >= 15 is 0 Å². The zero-order valence-electron chi connectivity index (χ0n) is 20.6. The molecule has 184 valence electrons. The molecule has 4 amide bonds. The smallest absolute Gasteiger partial charge is 0.317 e. The third-order valence-electron chi connectivity index (χ3n) is 5.84. The minimum Gasteiger partial charge on any atom is -0.491 e. The number of anilines is 1. The number of nitrogens with one attached hydrogen (secondary N) is 2. The lowest BCUT2D eigenvalue weighted by molar-refractivity contribution is -0.115. The molecular formula is C24H38N4O5. The number of hydrogen-bond donors (Lipinski definition) is 2. The van der Waals surface area contributed by atoms with E-state index in [1.807, 2.05) is 20.8 Å². The van der Waals surface area contributed by atoms with E-state index in [4.69, 9.17) is 9.47 Å². The van der Waals surface area contributed by atoms with Crippen molar-refractivity contribution in [2.75, 3.05) is 45.7 Å². The monoisotopic (exact) mass is 462 g/mol. The summed E-state index contributed by atoms with van der Waals surface area (Å²) in [6, 6.07) is 4.60. The third kappa shape index (κ3) is 7.08. The molecule has 1 heterocycles. The largest absolute Gasteiger partial charge is 0.491 e. The van der Waals surface area contributed by atoms with Crippen LogP contribution in [-0.4, -0.2) is 80.2 Å². The SMILES string of the molecule is CCCNC(=O)N1C[C@@H](C)[C@H](OC)CN(C)C(=O)c2ccc(NC(=O)CC)cc2OC[C@@H]1C. The number of benzene rings is 1. The van der Waals surface area contributed by atoms with E-state index in [1.54, 1.807) is 49.1 Å². The van der Waals surface area contributed by atoms with Crippen LogP contribution in [0.4, 0.5) is 10.5 Å². The maximum Gasteiger partial charge on any atom is 0.317 e. The van der Waals surface area contributed by atoms with Gasteiger partial charge in [0, 0.05) is 57.9 Å². The summed E-state index contributed by atoms with van der Waals surface area (Å²) in [7, 11) is 3.34. The molecule has 0 radical (unpaired) electrons. The van der Waals surface area contributed by atoms with Crippen molar-refractivity contribution in [2.45, 2.75) is 52.7 Å². The molecule has 9 nitrogen and oxygen atoms in total. The van der Waals surface area contributed by atoms with Crippen molar-refractivity contribution in [1.29, 1.82) is 0 Å². The molecule has 0 bridgehead atoms. The molecule has 2 rings (SSSR count). The number of urea groups is 1. The molecule has 1 aromatic carbocycles. The van der Waals surface area contributed by atoms with Gasteiger partial charge in [0.1, 0.15) is 12.4 Å². The topological polar surface area (TPSA) is 100 Å². The highest BCUT2D eigenvalue weighted by Crippen LogP contribution is 2.27. The Kier molecular flexibility index (Phi) is 9.96. The Morgan fingerprint density at radius 1 is 1.21 bits per heavy atom. The van der Waals surface area contributed by atoms with Gasteiger partial charge in [0.15, 0.2) is 0 Å². The zero-order valence-corrected chi connectivity index (χ0v) is 20.6. The maximum absolute atomic E-state index is 13.2. The van der Waals surface area contributed by atoms with Crippen molar-refractivity contribution in [2.24, 2.45) is 5.92 Å². The Morgan fingerprint density at radius 2 is 1.94 bits per heavy atom. The summed E-state index contributed by atoms with van der Waals surface area (Å²) in [5.41, 5.74) is 0.945. The summed E-state index contributed by atoms with van der Waals surface area (Å²) < 4.78 is 11.8. The first-order valence-corrected chi connectivity index (χ1v) is 11.6. The zero-order chi connectivity index (χ0) is 24.5. The number of likely N-dealkylation sites (N-methyl/N-ethyl adjacent to an activating group) is 1. The Hall–Kier alpha value is -2.81. The van der Waals surface area contributed by atoms with Gasteiger partial charge >= 0.3 is 6.03 Å². The Morgan fingerprint density at radius 3 is 2.58 bits per heavy atom. The lowest BCUT2D eigenvalue weighted by Gasteiger charge is -2.36. The fraction of sp³-hybridized carbons (Fsp3) is 0.625. The van der Waals surface area contributed by atoms with Gasteiger partial charge in [0.25, 0.3) is 5.91 Å². The number of rotatable bonds is 5. The summed E-state index contributed by atoms with van der Waals surface area (Å²) in [5, 5.41) is 5.75. The van der Waals surface area contributed by atoms with E-state index in [2.05, 4.69) is 10.6 Å². The van der Waals surface area contributed by atoms with Gasteiger partial charge in [-0.15, -0.1) is 0 Å². The van der Waals surface area contributed by atoms with Crippen LogP contribution in [0.2, 0.25) is 0 Å². The number of fused-ring (bicyclic) bond motifs is 1. The molecule has 0 saturated carbocycles. The van der Waals surface area contributed by atoms with Crippen LogP contribution in [0.25, 0.3) is 0 Å². The van der Waals surface area contributed by atoms with Crippen LogP contribution in [0, 0.1) is 5.92 Å². The number of ether oxygens (including phenoxy) is 2. The van der Waals surface area contributed by atoms with Gasteiger partial charge in [-0.25, -0.2) is 4.79 Å². The first-order chi connectivity index (χ1) is 15.7. The molecule has 1 aliphatic rings. The fourth-order valence-electron chi connectivity index (χ4n) is 3.72. The van der Waals surface area contributed by atoms with Gasteiger partial charge in [-0.05, 0) is 25.5 Å². The van der Waals surface area contributed by atoms with Gasteiger partial charge in [-0.2, -0.15) is 0 Å².